The minimum Gasteiger partial charge on any atom is -0.478 e. The number of amides is 1. The molecule has 186 valence electrons. The van der Waals surface area contributed by atoms with Crippen molar-refractivity contribution in [1.29, 1.82) is 0 Å². The maximum Gasteiger partial charge on any atom is 0.347 e. The zero-order chi connectivity index (χ0) is 26.0. The van der Waals surface area contributed by atoms with E-state index in [1.54, 1.807) is 37.3 Å². The first-order valence-electron chi connectivity index (χ1n) is 11.1. The Morgan fingerprint density at radius 3 is 2.50 bits per heavy atom. The number of hydrogen-bond donors (Lipinski definition) is 2. The molecule has 4 rings (SSSR count). The summed E-state index contributed by atoms with van der Waals surface area (Å²) in [7, 11) is 0. The highest BCUT2D eigenvalue weighted by Gasteiger charge is 2.30. The number of hydrogen-bond acceptors (Lipinski definition) is 4. The normalized spacial score (nSPS) is 11.4. The van der Waals surface area contributed by atoms with Crippen LogP contribution in [0.3, 0.4) is 0 Å². The fourth-order valence-corrected chi connectivity index (χ4v) is 3.87. The molecule has 0 bridgehead atoms. The Morgan fingerprint density at radius 1 is 1.06 bits per heavy atom. The lowest BCUT2D eigenvalue weighted by molar-refractivity contribution is -0.152. The van der Waals surface area contributed by atoms with Crippen LogP contribution in [0.25, 0.3) is 10.9 Å². The van der Waals surface area contributed by atoms with Crippen LogP contribution >= 0.6 is 11.8 Å². The number of ether oxygens (including phenoxy) is 2. The number of aromatic nitrogens is 1. The number of aliphatic carboxylic acids is 1. The van der Waals surface area contributed by atoms with Gasteiger partial charge in [0.05, 0.1) is 5.52 Å². The lowest BCUT2D eigenvalue weighted by Gasteiger charge is -2.23. The van der Waals surface area contributed by atoms with E-state index in [4.69, 9.17) is 21.3 Å². The molecule has 0 spiro atoms. The first-order valence-corrected chi connectivity index (χ1v) is 11.4. The topological polar surface area (TPSA) is 89.8 Å². The second-order valence-electron chi connectivity index (χ2n) is 8.79. The molecular formula is C27H24ClFN2O5. The van der Waals surface area contributed by atoms with Crippen LogP contribution in [0.2, 0.25) is 0 Å². The van der Waals surface area contributed by atoms with Crippen molar-refractivity contribution in [3.63, 3.8) is 0 Å². The van der Waals surface area contributed by atoms with Gasteiger partial charge < -0.3 is 19.9 Å². The number of carbonyl (C=O) groups is 2. The Bertz CT molecular complexity index is 1460. The highest BCUT2D eigenvalue weighted by molar-refractivity contribution is 6.22. The Morgan fingerprint density at radius 2 is 1.81 bits per heavy atom. The summed E-state index contributed by atoms with van der Waals surface area (Å²) in [6.07, 6.45) is 0. The highest BCUT2D eigenvalue weighted by Crippen LogP contribution is 2.30. The Labute approximate surface area is 212 Å². The Balaban J connectivity index is 1.46. The van der Waals surface area contributed by atoms with Crippen molar-refractivity contribution in [2.24, 2.45) is 0 Å². The molecule has 9 heteroatoms. The number of carbonyl (C=O) groups excluding carboxylic acids is 1. The van der Waals surface area contributed by atoms with E-state index in [0.717, 1.165) is 5.39 Å². The number of aryl methyl sites for hydroxylation is 1. The van der Waals surface area contributed by atoms with Crippen molar-refractivity contribution in [3.05, 3.63) is 89.4 Å². The third kappa shape index (κ3) is 5.44. The third-order valence-electron chi connectivity index (χ3n) is 5.53. The molecule has 7 nitrogen and oxygen atoms in total. The van der Waals surface area contributed by atoms with E-state index < -0.39 is 23.3 Å². The predicted molar refractivity (Wildman–Crippen MR) is 134 cm³/mol. The molecule has 0 atom stereocenters. The predicted octanol–water partition coefficient (Wildman–Crippen LogP) is 6.06. The molecule has 1 amide bonds. The molecule has 0 aliphatic rings. The number of rotatable bonds is 8. The Hall–Kier alpha value is -4.04. The fourth-order valence-electron chi connectivity index (χ4n) is 3.59. The van der Waals surface area contributed by atoms with Gasteiger partial charge in [0.1, 0.15) is 28.8 Å². The molecule has 1 aromatic heterocycles. The summed E-state index contributed by atoms with van der Waals surface area (Å²) < 4.78 is 27.0. The van der Waals surface area contributed by atoms with Crippen LogP contribution in [0.4, 0.5) is 4.39 Å². The third-order valence-corrected chi connectivity index (χ3v) is 5.90. The van der Waals surface area contributed by atoms with E-state index in [0.29, 0.717) is 28.1 Å². The van der Waals surface area contributed by atoms with E-state index in [1.807, 2.05) is 24.3 Å². The first kappa shape index (κ1) is 25.1. The molecule has 0 saturated carbocycles. The zero-order valence-corrected chi connectivity index (χ0v) is 20.6. The summed E-state index contributed by atoms with van der Waals surface area (Å²) in [5, 5.41) is 12.8. The standard InChI is InChI=1S/C27H24ClFN2O5/c1-16-10-20(8-9-24(16)36-27(2,3)26(33)34)35-21-12-17(11-19(29)14-21)15-30-25(32)23-13-18-6-4-5-7-22(18)31(23)28/h4-14H,15H2,1-3H3,(H,30,32)(H,33,34). The van der Waals surface area contributed by atoms with E-state index in [9.17, 15) is 19.1 Å². The minimum absolute atomic E-state index is 0.0570. The molecule has 1 heterocycles. The Kier molecular flexibility index (Phi) is 6.90. The van der Waals surface area contributed by atoms with Crippen molar-refractivity contribution in [2.75, 3.05) is 0 Å². The molecule has 4 aromatic rings. The van der Waals surface area contributed by atoms with Gasteiger partial charge in [0, 0.05) is 29.8 Å². The molecule has 0 saturated heterocycles. The number of halogens is 2. The van der Waals surface area contributed by atoms with Crippen LogP contribution in [0.1, 0.15) is 35.5 Å². The van der Waals surface area contributed by atoms with Gasteiger partial charge in [-0.15, -0.1) is 0 Å². The quantitative estimate of drug-likeness (QED) is 0.301. The van der Waals surface area contributed by atoms with Crippen LogP contribution in [0.5, 0.6) is 17.2 Å². The van der Waals surface area contributed by atoms with Gasteiger partial charge >= 0.3 is 5.97 Å². The zero-order valence-electron chi connectivity index (χ0n) is 19.8. The maximum atomic E-state index is 14.3. The summed E-state index contributed by atoms with van der Waals surface area (Å²) in [5.74, 6) is -0.959. The average molecular weight is 511 g/mol. The van der Waals surface area contributed by atoms with E-state index in [2.05, 4.69) is 5.32 Å². The molecule has 0 aliphatic carbocycles. The first-order chi connectivity index (χ1) is 17.0. The monoisotopic (exact) mass is 510 g/mol. The van der Waals surface area contributed by atoms with E-state index >= 15 is 0 Å². The van der Waals surface area contributed by atoms with Gasteiger partial charge in [-0.1, -0.05) is 18.2 Å². The second kappa shape index (κ2) is 9.91. The van der Waals surface area contributed by atoms with E-state index in [-0.39, 0.29) is 18.0 Å². The van der Waals surface area contributed by atoms with Crippen LogP contribution in [-0.2, 0) is 11.3 Å². The molecule has 0 fully saturated rings. The largest absolute Gasteiger partial charge is 0.478 e. The van der Waals surface area contributed by atoms with Gasteiger partial charge in [-0.25, -0.2) is 13.3 Å². The molecule has 0 radical (unpaired) electrons. The van der Waals surface area contributed by atoms with Crippen molar-refractivity contribution in [1.82, 2.24) is 9.40 Å². The number of para-hydroxylation sites is 1. The van der Waals surface area contributed by atoms with Gasteiger partial charge in [0.2, 0.25) is 0 Å². The number of nitrogens with zero attached hydrogens (tertiary/aromatic N) is 1. The lowest BCUT2D eigenvalue weighted by atomic mass is 10.1. The molecular weight excluding hydrogens is 487 g/mol. The van der Waals surface area contributed by atoms with Gasteiger partial charge in [0.15, 0.2) is 5.60 Å². The second-order valence-corrected chi connectivity index (χ2v) is 9.13. The summed E-state index contributed by atoms with van der Waals surface area (Å²) >= 11 is 6.29. The number of benzene rings is 3. The van der Waals surface area contributed by atoms with Crippen LogP contribution in [0, 0.1) is 12.7 Å². The number of carboxylic acids is 1. The van der Waals surface area contributed by atoms with Crippen LogP contribution in [-0.4, -0.2) is 26.7 Å². The lowest BCUT2D eigenvalue weighted by Crippen LogP contribution is -2.38. The van der Waals surface area contributed by atoms with Gasteiger partial charge in [-0.3, -0.25) is 4.79 Å². The van der Waals surface area contributed by atoms with Crippen molar-refractivity contribution < 1.29 is 28.6 Å². The summed E-state index contributed by atoms with van der Waals surface area (Å²) in [6.45, 7) is 4.72. The van der Waals surface area contributed by atoms with Crippen molar-refractivity contribution in [2.45, 2.75) is 32.9 Å². The molecule has 36 heavy (non-hydrogen) atoms. The fraction of sp³-hybridized carbons (Fsp3) is 0.185. The molecule has 2 N–H and O–H groups in total. The highest BCUT2D eigenvalue weighted by atomic mass is 35.5. The van der Waals surface area contributed by atoms with Crippen molar-refractivity contribution >= 4 is 34.6 Å². The number of nitrogens with one attached hydrogen (secondary N) is 1. The molecule has 3 aromatic carbocycles. The minimum atomic E-state index is -1.40. The molecule has 0 unspecified atom stereocenters. The van der Waals surface area contributed by atoms with Crippen LogP contribution < -0.4 is 14.8 Å². The maximum absolute atomic E-state index is 14.3. The van der Waals surface area contributed by atoms with Crippen LogP contribution in [0.15, 0.2) is 66.7 Å². The number of carboxylic acid groups (broad SMARTS) is 1. The van der Waals surface area contributed by atoms with Gasteiger partial charge in [0.25, 0.3) is 5.91 Å². The smallest absolute Gasteiger partial charge is 0.347 e. The SMILES string of the molecule is Cc1cc(Oc2cc(F)cc(CNC(=O)c3cc4ccccc4n3Cl)c2)ccc1OC(C)(C)C(=O)O. The molecule has 0 aliphatic heterocycles. The van der Waals surface area contributed by atoms with Gasteiger partial charge in [-0.05, 0) is 74.4 Å². The van der Waals surface area contributed by atoms with Gasteiger partial charge in [-0.2, -0.15) is 0 Å². The number of fused-ring (bicyclic) bond motifs is 1. The summed E-state index contributed by atoms with van der Waals surface area (Å²) in [5.41, 5.74) is 0.739. The summed E-state index contributed by atoms with van der Waals surface area (Å²) in [6, 6.07) is 18.1. The van der Waals surface area contributed by atoms with E-state index in [1.165, 1.54) is 30.1 Å². The average Bonchev–Trinajstić information content (AvgIpc) is 3.15. The summed E-state index contributed by atoms with van der Waals surface area (Å²) in [4.78, 5) is 24.0. The van der Waals surface area contributed by atoms with Crippen molar-refractivity contribution in [3.8, 4) is 17.2 Å².